The Labute approximate surface area is 121 Å². The lowest BCUT2D eigenvalue weighted by molar-refractivity contribution is 0.00929. The molecule has 1 saturated carbocycles. The Morgan fingerprint density at radius 2 is 1.35 bits per heavy atom. The van der Waals surface area contributed by atoms with Crippen LogP contribution in [-0.2, 0) is 14.2 Å². The molecule has 0 aromatic rings. The predicted molar refractivity (Wildman–Crippen MR) is 76.5 cm³/mol. The standard InChI is InChI=1S/C16H27FO3/c17-7-8-18-9-10-19-11-12-20-13-16-14-5-3-1-2-4-6-15(14)16/h1-2,14-16H,3-13H2/b2-1+/t14-,15?,16?/m0/s1. The highest BCUT2D eigenvalue weighted by Crippen LogP contribution is 2.52. The number of fused-ring (bicyclic) bond motifs is 1. The maximum atomic E-state index is 11.7. The van der Waals surface area contributed by atoms with Gasteiger partial charge >= 0.3 is 0 Å². The third kappa shape index (κ3) is 5.51. The summed E-state index contributed by atoms with van der Waals surface area (Å²) in [6.45, 7) is 2.85. The Kier molecular flexibility index (Phi) is 7.55. The van der Waals surface area contributed by atoms with Crippen LogP contribution < -0.4 is 0 Å². The molecule has 0 N–H and O–H groups in total. The Bertz CT molecular complexity index is 267. The minimum Gasteiger partial charge on any atom is -0.379 e. The molecule has 2 unspecified atom stereocenters. The number of rotatable bonds is 10. The van der Waals surface area contributed by atoms with Crippen molar-refractivity contribution in [3.05, 3.63) is 12.2 Å². The van der Waals surface area contributed by atoms with Gasteiger partial charge in [-0.2, -0.15) is 0 Å². The van der Waals surface area contributed by atoms with Gasteiger partial charge in [0, 0.05) is 0 Å². The van der Waals surface area contributed by atoms with E-state index in [4.69, 9.17) is 14.2 Å². The van der Waals surface area contributed by atoms with Gasteiger partial charge in [-0.1, -0.05) is 12.2 Å². The van der Waals surface area contributed by atoms with Crippen LogP contribution in [0.1, 0.15) is 25.7 Å². The van der Waals surface area contributed by atoms with Crippen LogP contribution >= 0.6 is 0 Å². The van der Waals surface area contributed by atoms with Crippen molar-refractivity contribution in [2.75, 3.05) is 46.3 Å². The van der Waals surface area contributed by atoms with Gasteiger partial charge in [0.05, 0.1) is 39.6 Å². The van der Waals surface area contributed by atoms with E-state index in [1.807, 2.05) is 0 Å². The highest BCUT2D eigenvalue weighted by atomic mass is 19.1. The van der Waals surface area contributed by atoms with Crippen molar-refractivity contribution in [3.8, 4) is 0 Å². The molecule has 20 heavy (non-hydrogen) atoms. The Morgan fingerprint density at radius 3 is 1.95 bits per heavy atom. The average molecular weight is 286 g/mol. The zero-order valence-electron chi connectivity index (χ0n) is 12.3. The van der Waals surface area contributed by atoms with Crippen molar-refractivity contribution in [2.24, 2.45) is 17.8 Å². The lowest BCUT2D eigenvalue weighted by atomic mass is 10.1. The summed E-state index contributed by atoms with van der Waals surface area (Å²) in [5.74, 6) is 2.58. The summed E-state index contributed by atoms with van der Waals surface area (Å²) in [4.78, 5) is 0. The van der Waals surface area contributed by atoms with Crippen molar-refractivity contribution in [1.29, 1.82) is 0 Å². The first-order valence-electron chi connectivity index (χ1n) is 7.87. The largest absolute Gasteiger partial charge is 0.379 e. The van der Waals surface area contributed by atoms with E-state index in [9.17, 15) is 4.39 Å². The number of ether oxygens (including phenoxy) is 3. The first-order chi connectivity index (χ1) is 9.93. The molecule has 0 amide bonds. The monoisotopic (exact) mass is 286 g/mol. The predicted octanol–water partition coefficient (Wildman–Crippen LogP) is 3.00. The van der Waals surface area contributed by atoms with Gasteiger partial charge in [0.1, 0.15) is 6.67 Å². The van der Waals surface area contributed by atoms with Crippen molar-refractivity contribution >= 4 is 0 Å². The molecule has 116 valence electrons. The highest BCUT2D eigenvalue weighted by Gasteiger charge is 2.48. The first-order valence-corrected chi connectivity index (χ1v) is 7.87. The number of hydrogen-bond donors (Lipinski definition) is 0. The average Bonchev–Trinajstić information content (AvgIpc) is 3.06. The number of halogens is 1. The summed E-state index contributed by atoms with van der Waals surface area (Å²) in [5, 5.41) is 0. The second-order valence-electron chi connectivity index (χ2n) is 5.61. The van der Waals surface area contributed by atoms with Crippen LogP contribution in [0.25, 0.3) is 0 Å². The molecule has 0 bridgehead atoms. The number of allylic oxidation sites excluding steroid dienone is 2. The summed E-state index contributed by atoms with van der Waals surface area (Å²) >= 11 is 0. The van der Waals surface area contributed by atoms with Gasteiger partial charge in [0.25, 0.3) is 0 Å². The maximum absolute atomic E-state index is 11.7. The number of hydrogen-bond acceptors (Lipinski definition) is 3. The van der Waals surface area contributed by atoms with E-state index >= 15 is 0 Å². The van der Waals surface area contributed by atoms with E-state index in [1.54, 1.807) is 0 Å². The second kappa shape index (κ2) is 9.48. The minimum atomic E-state index is -0.428. The maximum Gasteiger partial charge on any atom is 0.113 e. The van der Waals surface area contributed by atoms with Crippen molar-refractivity contribution in [2.45, 2.75) is 25.7 Å². The van der Waals surface area contributed by atoms with E-state index < -0.39 is 6.67 Å². The van der Waals surface area contributed by atoms with Crippen LogP contribution in [-0.4, -0.2) is 46.3 Å². The first kappa shape index (κ1) is 15.9. The van der Waals surface area contributed by atoms with Crippen LogP contribution in [0.2, 0.25) is 0 Å². The van der Waals surface area contributed by atoms with Crippen LogP contribution in [0.15, 0.2) is 12.2 Å². The molecule has 0 aromatic heterocycles. The third-order valence-electron chi connectivity index (χ3n) is 4.28. The van der Waals surface area contributed by atoms with Crippen LogP contribution in [0.4, 0.5) is 4.39 Å². The highest BCUT2D eigenvalue weighted by molar-refractivity contribution is 5.01. The molecule has 0 spiro atoms. The fourth-order valence-corrected chi connectivity index (χ4v) is 3.15. The zero-order chi connectivity index (χ0) is 14.0. The summed E-state index contributed by atoms with van der Waals surface area (Å²) < 4.78 is 27.8. The molecule has 3 atom stereocenters. The fourth-order valence-electron chi connectivity index (χ4n) is 3.15. The quantitative estimate of drug-likeness (QED) is 0.456. The van der Waals surface area contributed by atoms with Gasteiger partial charge in [-0.05, 0) is 43.4 Å². The third-order valence-corrected chi connectivity index (χ3v) is 4.28. The molecule has 0 radical (unpaired) electrons. The molecule has 0 aromatic carbocycles. The van der Waals surface area contributed by atoms with E-state index in [-0.39, 0.29) is 6.61 Å². The van der Waals surface area contributed by atoms with Gasteiger partial charge in [0.15, 0.2) is 0 Å². The molecule has 4 heteroatoms. The Hall–Kier alpha value is -0.450. The van der Waals surface area contributed by atoms with Crippen molar-refractivity contribution in [1.82, 2.24) is 0 Å². The van der Waals surface area contributed by atoms with Crippen molar-refractivity contribution in [3.63, 3.8) is 0 Å². The molecule has 2 rings (SSSR count). The van der Waals surface area contributed by atoms with E-state index in [2.05, 4.69) is 12.2 Å². The van der Waals surface area contributed by atoms with E-state index in [0.717, 1.165) is 24.4 Å². The normalized spacial score (nSPS) is 30.4. The van der Waals surface area contributed by atoms with E-state index in [1.165, 1.54) is 25.7 Å². The molecule has 0 heterocycles. The summed E-state index contributed by atoms with van der Waals surface area (Å²) in [5.41, 5.74) is 0. The molecule has 0 aliphatic heterocycles. The smallest absolute Gasteiger partial charge is 0.113 e. The summed E-state index contributed by atoms with van der Waals surface area (Å²) in [6.07, 6.45) is 9.78. The molecule has 1 fully saturated rings. The topological polar surface area (TPSA) is 27.7 Å². The second-order valence-corrected chi connectivity index (χ2v) is 5.61. The molecule has 2 aliphatic rings. The summed E-state index contributed by atoms with van der Waals surface area (Å²) in [7, 11) is 0. The van der Waals surface area contributed by atoms with Gasteiger partial charge in [-0.3, -0.25) is 0 Å². The van der Waals surface area contributed by atoms with Crippen molar-refractivity contribution < 1.29 is 18.6 Å². The molecule has 0 saturated heterocycles. The lowest BCUT2D eigenvalue weighted by Crippen LogP contribution is -2.11. The van der Waals surface area contributed by atoms with Gasteiger partial charge < -0.3 is 14.2 Å². The van der Waals surface area contributed by atoms with Crippen LogP contribution in [0, 0.1) is 17.8 Å². The van der Waals surface area contributed by atoms with Gasteiger partial charge in [-0.25, -0.2) is 4.39 Å². The summed E-state index contributed by atoms with van der Waals surface area (Å²) in [6, 6.07) is 0. The van der Waals surface area contributed by atoms with Gasteiger partial charge in [-0.15, -0.1) is 0 Å². The Balaban J connectivity index is 1.41. The SMILES string of the molecule is FCCOCCOCCOCC1C2CC/C=C/CC[C@@H]21. The molecule has 2 aliphatic carbocycles. The van der Waals surface area contributed by atoms with Gasteiger partial charge in [0.2, 0.25) is 0 Å². The molecular weight excluding hydrogens is 259 g/mol. The molecular formula is C16H27FO3. The van der Waals surface area contributed by atoms with Crippen LogP contribution in [0.3, 0.4) is 0 Å². The van der Waals surface area contributed by atoms with Crippen LogP contribution in [0.5, 0.6) is 0 Å². The lowest BCUT2D eigenvalue weighted by Gasteiger charge is -2.06. The number of alkyl halides is 1. The Morgan fingerprint density at radius 1 is 0.800 bits per heavy atom. The molecule has 3 nitrogen and oxygen atoms in total. The minimum absolute atomic E-state index is 0.166. The fraction of sp³-hybridized carbons (Fsp3) is 0.875. The zero-order valence-corrected chi connectivity index (χ0v) is 12.3. The van der Waals surface area contributed by atoms with E-state index in [0.29, 0.717) is 26.4 Å².